The van der Waals surface area contributed by atoms with Gasteiger partial charge in [0.05, 0.1) is 10.6 Å². The molecule has 0 aliphatic carbocycles. The van der Waals surface area contributed by atoms with Gasteiger partial charge >= 0.3 is 0 Å². The molecule has 2 N–H and O–H groups in total. The van der Waals surface area contributed by atoms with Crippen LogP contribution in [0.15, 0.2) is 29.2 Å². The molecular formula is C15H24N2O2S. The molecule has 1 aliphatic heterocycles. The van der Waals surface area contributed by atoms with Gasteiger partial charge in [-0.15, -0.1) is 0 Å². The number of rotatable bonds is 5. The van der Waals surface area contributed by atoms with Gasteiger partial charge < -0.3 is 10.6 Å². The van der Waals surface area contributed by atoms with Crippen molar-refractivity contribution in [1.29, 1.82) is 0 Å². The van der Waals surface area contributed by atoms with E-state index in [0.717, 1.165) is 25.2 Å². The van der Waals surface area contributed by atoms with Crippen LogP contribution in [0.3, 0.4) is 0 Å². The Morgan fingerprint density at radius 2 is 1.95 bits per heavy atom. The first-order valence-electron chi connectivity index (χ1n) is 7.18. The summed E-state index contributed by atoms with van der Waals surface area (Å²) in [5, 5.41) is 0. The lowest BCUT2D eigenvalue weighted by atomic mass is 9.90. The minimum atomic E-state index is -3.12. The summed E-state index contributed by atoms with van der Waals surface area (Å²) in [5.41, 5.74) is 7.07. The highest BCUT2D eigenvalue weighted by Crippen LogP contribution is 2.32. The van der Waals surface area contributed by atoms with Gasteiger partial charge in [-0.1, -0.05) is 13.8 Å². The highest BCUT2D eigenvalue weighted by Gasteiger charge is 2.32. The number of hydrogen-bond acceptors (Lipinski definition) is 4. The summed E-state index contributed by atoms with van der Waals surface area (Å²) in [6.45, 7) is 6.68. The molecule has 0 saturated carbocycles. The fourth-order valence-electron chi connectivity index (χ4n) is 2.66. The molecule has 0 aromatic heterocycles. The Labute approximate surface area is 121 Å². The molecule has 0 radical (unpaired) electrons. The van der Waals surface area contributed by atoms with E-state index in [4.69, 9.17) is 5.73 Å². The summed E-state index contributed by atoms with van der Waals surface area (Å²) < 4.78 is 24.0. The maximum absolute atomic E-state index is 12.0. The molecule has 1 saturated heterocycles. The summed E-state index contributed by atoms with van der Waals surface area (Å²) in [7, 11) is -3.12. The largest absolute Gasteiger partial charge is 0.371 e. The van der Waals surface area contributed by atoms with Gasteiger partial charge in [0.1, 0.15) is 0 Å². The van der Waals surface area contributed by atoms with Gasteiger partial charge in [0.25, 0.3) is 0 Å². The Hall–Kier alpha value is -1.07. The predicted octanol–water partition coefficient (Wildman–Crippen LogP) is 2.05. The molecule has 1 atom stereocenters. The molecule has 4 nitrogen and oxygen atoms in total. The quantitative estimate of drug-likeness (QED) is 0.903. The molecule has 20 heavy (non-hydrogen) atoms. The van der Waals surface area contributed by atoms with E-state index in [1.165, 1.54) is 0 Å². The fraction of sp³-hybridized carbons (Fsp3) is 0.600. The van der Waals surface area contributed by atoms with Crippen molar-refractivity contribution in [1.82, 2.24) is 0 Å². The SMILES string of the molecule is CCCS(=O)(=O)c1ccc(N2CCC(C)(CN)C2)cc1. The van der Waals surface area contributed by atoms with Gasteiger partial charge in [0, 0.05) is 18.8 Å². The lowest BCUT2D eigenvalue weighted by molar-refractivity contribution is 0.383. The molecule has 2 rings (SSSR count). The van der Waals surface area contributed by atoms with Crippen molar-refractivity contribution in [2.24, 2.45) is 11.1 Å². The molecule has 5 heteroatoms. The van der Waals surface area contributed by atoms with Crippen molar-refractivity contribution in [3.63, 3.8) is 0 Å². The van der Waals surface area contributed by atoms with Crippen LogP contribution in [0.25, 0.3) is 0 Å². The van der Waals surface area contributed by atoms with E-state index in [1.807, 2.05) is 19.1 Å². The van der Waals surface area contributed by atoms with Gasteiger partial charge in [-0.25, -0.2) is 8.42 Å². The minimum Gasteiger partial charge on any atom is -0.371 e. The van der Waals surface area contributed by atoms with Crippen LogP contribution in [0.1, 0.15) is 26.7 Å². The molecule has 0 bridgehead atoms. The van der Waals surface area contributed by atoms with Crippen LogP contribution in [0.2, 0.25) is 0 Å². The zero-order valence-corrected chi connectivity index (χ0v) is 13.1. The number of hydrogen-bond donors (Lipinski definition) is 1. The van der Waals surface area contributed by atoms with E-state index in [2.05, 4.69) is 11.8 Å². The summed E-state index contributed by atoms with van der Waals surface area (Å²) in [6, 6.07) is 7.26. The molecule has 0 amide bonds. The average molecular weight is 296 g/mol. The first-order valence-corrected chi connectivity index (χ1v) is 8.83. The van der Waals surface area contributed by atoms with Gasteiger partial charge in [-0.3, -0.25) is 0 Å². The lowest BCUT2D eigenvalue weighted by Crippen LogP contribution is -2.31. The maximum atomic E-state index is 12.0. The van der Waals surface area contributed by atoms with Gasteiger partial charge in [0.15, 0.2) is 9.84 Å². The van der Waals surface area contributed by atoms with Crippen molar-refractivity contribution in [3.05, 3.63) is 24.3 Å². The Kier molecular flexibility index (Phi) is 4.39. The van der Waals surface area contributed by atoms with Gasteiger partial charge in [-0.05, 0) is 49.1 Å². The molecular weight excluding hydrogens is 272 g/mol. The van der Waals surface area contributed by atoms with Crippen LogP contribution in [-0.2, 0) is 9.84 Å². The third-order valence-electron chi connectivity index (χ3n) is 4.08. The highest BCUT2D eigenvalue weighted by atomic mass is 32.2. The molecule has 1 aromatic rings. The Morgan fingerprint density at radius 1 is 1.30 bits per heavy atom. The van der Waals surface area contributed by atoms with Crippen molar-refractivity contribution in [2.45, 2.75) is 31.6 Å². The van der Waals surface area contributed by atoms with Crippen molar-refractivity contribution >= 4 is 15.5 Å². The second kappa shape index (κ2) is 5.74. The predicted molar refractivity (Wildman–Crippen MR) is 82.8 cm³/mol. The summed E-state index contributed by atoms with van der Waals surface area (Å²) >= 11 is 0. The first kappa shape index (κ1) is 15.3. The second-order valence-electron chi connectivity index (χ2n) is 6.00. The Morgan fingerprint density at radius 3 is 2.45 bits per heavy atom. The summed E-state index contributed by atoms with van der Waals surface area (Å²) in [4.78, 5) is 2.70. The number of nitrogens with two attached hydrogens (primary N) is 1. The van der Waals surface area contributed by atoms with Crippen LogP contribution in [0.5, 0.6) is 0 Å². The number of benzene rings is 1. The molecule has 1 aromatic carbocycles. The van der Waals surface area contributed by atoms with Crippen LogP contribution in [0.4, 0.5) is 5.69 Å². The van der Waals surface area contributed by atoms with E-state index in [-0.39, 0.29) is 11.2 Å². The van der Waals surface area contributed by atoms with Crippen LogP contribution < -0.4 is 10.6 Å². The third kappa shape index (κ3) is 3.15. The number of anilines is 1. The summed E-state index contributed by atoms with van der Waals surface area (Å²) in [5.74, 6) is 0.210. The molecule has 112 valence electrons. The zero-order chi connectivity index (χ0) is 14.8. The van der Waals surface area contributed by atoms with Crippen LogP contribution in [-0.4, -0.2) is 33.8 Å². The molecule has 1 unspecified atom stereocenters. The maximum Gasteiger partial charge on any atom is 0.178 e. The number of nitrogens with zero attached hydrogens (tertiary/aromatic N) is 1. The van der Waals surface area contributed by atoms with E-state index in [0.29, 0.717) is 17.9 Å². The molecule has 0 spiro atoms. The normalized spacial score (nSPS) is 23.2. The van der Waals surface area contributed by atoms with Gasteiger partial charge in [0.2, 0.25) is 0 Å². The fourth-order valence-corrected chi connectivity index (χ4v) is 3.99. The van der Waals surface area contributed by atoms with E-state index >= 15 is 0 Å². The molecule has 1 aliphatic rings. The van der Waals surface area contributed by atoms with E-state index in [1.54, 1.807) is 12.1 Å². The molecule has 1 fully saturated rings. The lowest BCUT2D eigenvalue weighted by Gasteiger charge is -2.24. The third-order valence-corrected chi connectivity index (χ3v) is 6.02. The monoisotopic (exact) mass is 296 g/mol. The first-order chi connectivity index (χ1) is 9.40. The van der Waals surface area contributed by atoms with Crippen molar-refractivity contribution in [2.75, 3.05) is 30.3 Å². The van der Waals surface area contributed by atoms with Crippen LogP contribution >= 0.6 is 0 Å². The number of sulfone groups is 1. The standard InChI is InChI=1S/C15H24N2O2S/c1-3-10-20(18,19)14-6-4-13(5-7-14)17-9-8-15(2,11-16)12-17/h4-7H,3,8-12,16H2,1-2H3. The average Bonchev–Trinajstić information content (AvgIpc) is 2.82. The van der Waals surface area contributed by atoms with Crippen LogP contribution in [0, 0.1) is 5.41 Å². The van der Waals surface area contributed by atoms with Crippen molar-refractivity contribution in [3.8, 4) is 0 Å². The smallest absolute Gasteiger partial charge is 0.178 e. The van der Waals surface area contributed by atoms with Crippen molar-refractivity contribution < 1.29 is 8.42 Å². The Balaban J connectivity index is 2.14. The highest BCUT2D eigenvalue weighted by molar-refractivity contribution is 7.91. The zero-order valence-electron chi connectivity index (χ0n) is 12.3. The van der Waals surface area contributed by atoms with Gasteiger partial charge in [-0.2, -0.15) is 0 Å². The van der Waals surface area contributed by atoms with E-state index in [9.17, 15) is 8.42 Å². The van der Waals surface area contributed by atoms with E-state index < -0.39 is 9.84 Å². The minimum absolute atomic E-state index is 0.174. The Bertz CT molecular complexity index is 554. The topological polar surface area (TPSA) is 63.4 Å². The summed E-state index contributed by atoms with van der Waals surface area (Å²) in [6.07, 6.45) is 1.73. The molecule has 1 heterocycles. The second-order valence-corrected chi connectivity index (χ2v) is 8.11.